The van der Waals surface area contributed by atoms with E-state index >= 15 is 0 Å². The fraction of sp³-hybridized carbons (Fsp3) is 0.286. The molecule has 90 valence electrons. The summed E-state index contributed by atoms with van der Waals surface area (Å²) in [5, 5.41) is 0. The normalized spacial score (nSPS) is 12.8. The molecular formula is C14H14Br2S. The SMILES string of the molecule is Cc1ccc(Br)c(C(Br)c2sc(C)cc2C)c1. The molecule has 0 fully saturated rings. The molecule has 0 saturated carbocycles. The lowest BCUT2D eigenvalue weighted by atomic mass is 10.1. The molecule has 3 heteroatoms. The van der Waals surface area contributed by atoms with Gasteiger partial charge < -0.3 is 0 Å². The number of thiophene rings is 1. The van der Waals surface area contributed by atoms with Crippen LogP contribution in [-0.4, -0.2) is 0 Å². The maximum atomic E-state index is 3.82. The highest BCUT2D eigenvalue weighted by atomic mass is 79.9. The molecule has 0 aliphatic rings. The highest BCUT2D eigenvalue weighted by Crippen LogP contribution is 2.40. The molecule has 0 radical (unpaired) electrons. The number of hydrogen-bond donors (Lipinski definition) is 0. The molecule has 0 saturated heterocycles. The van der Waals surface area contributed by atoms with E-state index in [0.717, 1.165) is 4.47 Å². The highest BCUT2D eigenvalue weighted by Gasteiger charge is 2.17. The minimum Gasteiger partial charge on any atom is -0.144 e. The van der Waals surface area contributed by atoms with Crippen LogP contribution in [0.15, 0.2) is 28.7 Å². The van der Waals surface area contributed by atoms with Crippen LogP contribution in [0.25, 0.3) is 0 Å². The first-order valence-electron chi connectivity index (χ1n) is 5.46. The number of benzene rings is 1. The Labute approximate surface area is 123 Å². The molecule has 0 aliphatic carbocycles. The lowest BCUT2D eigenvalue weighted by Gasteiger charge is -2.12. The van der Waals surface area contributed by atoms with Gasteiger partial charge in [-0.2, -0.15) is 0 Å². The van der Waals surface area contributed by atoms with Gasteiger partial charge in [-0.15, -0.1) is 11.3 Å². The van der Waals surface area contributed by atoms with Crippen molar-refractivity contribution in [2.24, 2.45) is 0 Å². The van der Waals surface area contributed by atoms with Crippen molar-refractivity contribution in [2.45, 2.75) is 25.6 Å². The molecule has 0 amide bonds. The van der Waals surface area contributed by atoms with Gasteiger partial charge in [-0.3, -0.25) is 0 Å². The zero-order chi connectivity index (χ0) is 12.6. The zero-order valence-electron chi connectivity index (χ0n) is 10.1. The smallest absolute Gasteiger partial charge is 0.0751 e. The van der Waals surface area contributed by atoms with Gasteiger partial charge in [0.05, 0.1) is 4.83 Å². The number of alkyl halides is 1. The van der Waals surface area contributed by atoms with E-state index in [2.05, 4.69) is 76.9 Å². The molecule has 0 bridgehead atoms. The van der Waals surface area contributed by atoms with Gasteiger partial charge in [-0.25, -0.2) is 0 Å². The number of hydrogen-bond acceptors (Lipinski definition) is 1. The molecule has 1 heterocycles. The summed E-state index contributed by atoms with van der Waals surface area (Å²) in [6.45, 7) is 6.46. The molecule has 0 N–H and O–H groups in total. The Morgan fingerprint density at radius 2 is 1.82 bits per heavy atom. The van der Waals surface area contributed by atoms with Gasteiger partial charge in [-0.1, -0.05) is 49.6 Å². The third-order valence-corrected chi connectivity index (χ3v) is 5.93. The topological polar surface area (TPSA) is 0 Å². The van der Waals surface area contributed by atoms with Crippen LogP contribution in [0.2, 0.25) is 0 Å². The predicted molar refractivity (Wildman–Crippen MR) is 83.4 cm³/mol. The lowest BCUT2D eigenvalue weighted by Crippen LogP contribution is -1.94. The Kier molecular flexibility index (Phi) is 4.11. The molecular weight excluding hydrogens is 360 g/mol. The van der Waals surface area contributed by atoms with Crippen molar-refractivity contribution in [1.29, 1.82) is 0 Å². The predicted octanol–water partition coefficient (Wildman–Crippen LogP) is 5.92. The lowest BCUT2D eigenvalue weighted by molar-refractivity contribution is 1.17. The highest BCUT2D eigenvalue weighted by molar-refractivity contribution is 9.11. The Balaban J connectivity index is 2.46. The number of halogens is 2. The van der Waals surface area contributed by atoms with E-state index in [4.69, 9.17) is 0 Å². The molecule has 2 rings (SSSR count). The fourth-order valence-corrected chi connectivity index (χ4v) is 4.75. The van der Waals surface area contributed by atoms with E-state index in [9.17, 15) is 0 Å². The summed E-state index contributed by atoms with van der Waals surface area (Å²) in [6, 6.07) is 8.73. The quantitative estimate of drug-likeness (QED) is 0.573. The molecule has 0 aliphatic heterocycles. The van der Waals surface area contributed by atoms with Gasteiger partial charge in [0.1, 0.15) is 0 Å². The van der Waals surface area contributed by atoms with Crippen molar-refractivity contribution in [3.05, 3.63) is 55.2 Å². The van der Waals surface area contributed by atoms with E-state index in [0.29, 0.717) is 0 Å². The summed E-state index contributed by atoms with van der Waals surface area (Å²) >= 11 is 9.32. The maximum Gasteiger partial charge on any atom is 0.0751 e. The first-order valence-corrected chi connectivity index (χ1v) is 7.98. The summed E-state index contributed by atoms with van der Waals surface area (Å²) in [5.74, 6) is 0. The first-order chi connectivity index (χ1) is 7.99. The van der Waals surface area contributed by atoms with Crippen molar-refractivity contribution >= 4 is 43.2 Å². The summed E-state index contributed by atoms with van der Waals surface area (Å²) < 4.78 is 1.16. The van der Waals surface area contributed by atoms with E-state index in [1.165, 1.54) is 26.4 Å². The first kappa shape index (κ1) is 13.3. The average Bonchev–Trinajstić information content (AvgIpc) is 2.60. The van der Waals surface area contributed by atoms with Crippen LogP contribution in [0.3, 0.4) is 0 Å². The van der Waals surface area contributed by atoms with Gasteiger partial charge >= 0.3 is 0 Å². The van der Waals surface area contributed by atoms with Crippen LogP contribution in [0.5, 0.6) is 0 Å². The molecule has 17 heavy (non-hydrogen) atoms. The van der Waals surface area contributed by atoms with Crippen LogP contribution in [0.1, 0.15) is 31.3 Å². The molecule has 1 atom stereocenters. The summed E-state index contributed by atoms with van der Waals surface area (Å²) in [6.07, 6.45) is 0. The van der Waals surface area contributed by atoms with Gasteiger partial charge in [0.2, 0.25) is 0 Å². The molecule has 0 nitrogen and oxygen atoms in total. The second-order valence-electron chi connectivity index (χ2n) is 4.29. The molecule has 2 aromatic rings. The van der Waals surface area contributed by atoms with Gasteiger partial charge in [-0.05, 0) is 44.0 Å². The van der Waals surface area contributed by atoms with Crippen molar-refractivity contribution in [1.82, 2.24) is 0 Å². The van der Waals surface area contributed by atoms with Crippen LogP contribution < -0.4 is 0 Å². The monoisotopic (exact) mass is 372 g/mol. The minimum absolute atomic E-state index is 0.274. The third-order valence-electron chi connectivity index (χ3n) is 2.73. The Bertz CT molecular complexity index is 543. The molecule has 0 spiro atoms. The molecule has 1 aromatic heterocycles. The van der Waals surface area contributed by atoms with E-state index < -0.39 is 0 Å². The largest absolute Gasteiger partial charge is 0.144 e. The second kappa shape index (κ2) is 5.25. The minimum atomic E-state index is 0.274. The summed E-state index contributed by atoms with van der Waals surface area (Å²) in [4.78, 5) is 3.04. The maximum absolute atomic E-state index is 3.82. The molecule has 1 aromatic carbocycles. The van der Waals surface area contributed by atoms with Crippen LogP contribution in [0.4, 0.5) is 0 Å². The summed E-state index contributed by atoms with van der Waals surface area (Å²) in [7, 11) is 0. The van der Waals surface area contributed by atoms with Crippen molar-refractivity contribution < 1.29 is 0 Å². The van der Waals surface area contributed by atoms with Crippen LogP contribution in [0, 0.1) is 20.8 Å². The Hall–Kier alpha value is -0.120. The van der Waals surface area contributed by atoms with Crippen molar-refractivity contribution in [3.63, 3.8) is 0 Å². The zero-order valence-corrected chi connectivity index (χ0v) is 14.0. The Morgan fingerprint density at radius 3 is 2.41 bits per heavy atom. The van der Waals surface area contributed by atoms with E-state index in [-0.39, 0.29) is 4.83 Å². The average molecular weight is 374 g/mol. The summed E-state index contributed by atoms with van der Waals surface area (Å²) in [5.41, 5.74) is 3.95. The Morgan fingerprint density at radius 1 is 1.12 bits per heavy atom. The molecule has 1 unspecified atom stereocenters. The second-order valence-corrected chi connectivity index (χ2v) is 7.35. The van der Waals surface area contributed by atoms with Crippen LogP contribution in [-0.2, 0) is 0 Å². The standard InChI is InChI=1S/C14H14Br2S/c1-8-4-5-12(15)11(6-8)13(16)14-9(2)7-10(3)17-14/h4-7,13H,1-3H3. The third kappa shape index (κ3) is 2.83. The number of aryl methyl sites for hydroxylation is 3. The van der Waals surface area contributed by atoms with Gasteiger partial charge in [0.25, 0.3) is 0 Å². The van der Waals surface area contributed by atoms with Crippen molar-refractivity contribution in [3.8, 4) is 0 Å². The van der Waals surface area contributed by atoms with E-state index in [1.807, 2.05) is 11.3 Å². The van der Waals surface area contributed by atoms with Crippen LogP contribution >= 0.6 is 43.2 Å². The number of rotatable bonds is 2. The van der Waals surface area contributed by atoms with Gasteiger partial charge in [0.15, 0.2) is 0 Å². The van der Waals surface area contributed by atoms with E-state index in [1.54, 1.807) is 0 Å². The van der Waals surface area contributed by atoms with Gasteiger partial charge in [0, 0.05) is 14.2 Å². The fourth-order valence-electron chi connectivity index (χ4n) is 1.91. The van der Waals surface area contributed by atoms with Crippen molar-refractivity contribution in [2.75, 3.05) is 0 Å².